The highest BCUT2D eigenvalue weighted by atomic mass is 16.5. The van der Waals surface area contributed by atoms with Crippen LogP contribution >= 0.6 is 0 Å². The Bertz CT molecular complexity index is 411. The van der Waals surface area contributed by atoms with Gasteiger partial charge in [-0.3, -0.25) is 4.90 Å². The fourth-order valence-corrected chi connectivity index (χ4v) is 2.82. The van der Waals surface area contributed by atoms with Gasteiger partial charge in [-0.1, -0.05) is 12.1 Å². The number of methoxy groups -OCH3 is 1. The molecule has 1 aliphatic rings. The molecule has 1 aromatic carbocycles. The van der Waals surface area contributed by atoms with Crippen molar-refractivity contribution in [3.05, 3.63) is 29.8 Å². The van der Waals surface area contributed by atoms with E-state index in [2.05, 4.69) is 37.8 Å². The number of rotatable bonds is 2. The molecule has 1 aliphatic heterocycles. The maximum atomic E-state index is 6.31. The van der Waals surface area contributed by atoms with Gasteiger partial charge in [-0.25, -0.2) is 0 Å². The molecule has 0 bridgehead atoms. The van der Waals surface area contributed by atoms with E-state index in [1.807, 2.05) is 12.1 Å². The highest BCUT2D eigenvalue weighted by Gasteiger charge is 2.38. The minimum atomic E-state index is 0.141. The Morgan fingerprint density at radius 3 is 2.67 bits per heavy atom. The quantitative estimate of drug-likeness (QED) is 0.874. The smallest absolute Gasteiger partial charge is 0.119 e. The molecule has 1 heterocycles. The van der Waals surface area contributed by atoms with E-state index in [4.69, 9.17) is 10.5 Å². The normalized spacial score (nSPS) is 25.4. The van der Waals surface area contributed by atoms with E-state index in [0.29, 0.717) is 6.04 Å². The number of nitrogens with two attached hydrogens (primary N) is 1. The first-order valence-electron chi connectivity index (χ1n) is 6.60. The third kappa shape index (κ3) is 2.52. The molecular formula is C15H24N2O. The summed E-state index contributed by atoms with van der Waals surface area (Å²) < 4.78 is 5.31. The molecule has 3 heteroatoms. The number of hydrogen-bond donors (Lipinski definition) is 1. The van der Waals surface area contributed by atoms with Crippen molar-refractivity contribution in [1.82, 2.24) is 4.90 Å². The van der Waals surface area contributed by atoms with Crippen molar-refractivity contribution in [3.8, 4) is 5.75 Å². The summed E-state index contributed by atoms with van der Waals surface area (Å²) in [4.78, 5) is 2.49. The maximum absolute atomic E-state index is 6.31. The molecule has 0 radical (unpaired) electrons. The fourth-order valence-electron chi connectivity index (χ4n) is 2.82. The van der Waals surface area contributed by atoms with E-state index in [9.17, 15) is 0 Å². The topological polar surface area (TPSA) is 38.5 Å². The third-order valence-electron chi connectivity index (χ3n) is 3.74. The molecule has 18 heavy (non-hydrogen) atoms. The van der Waals surface area contributed by atoms with E-state index in [-0.39, 0.29) is 11.6 Å². The van der Waals surface area contributed by atoms with Crippen LogP contribution in [0, 0.1) is 0 Å². The number of likely N-dealkylation sites (tertiary alicyclic amines) is 1. The van der Waals surface area contributed by atoms with Crippen LogP contribution in [-0.2, 0) is 0 Å². The van der Waals surface area contributed by atoms with E-state index >= 15 is 0 Å². The summed E-state index contributed by atoms with van der Waals surface area (Å²) in [6, 6.07) is 8.77. The molecule has 1 fully saturated rings. The molecule has 0 amide bonds. The summed E-state index contributed by atoms with van der Waals surface area (Å²) in [5.41, 5.74) is 7.71. The van der Waals surface area contributed by atoms with Crippen LogP contribution in [0.3, 0.4) is 0 Å². The lowest BCUT2D eigenvalue weighted by molar-refractivity contribution is 0.117. The van der Waals surface area contributed by atoms with Gasteiger partial charge in [0.1, 0.15) is 5.75 Å². The summed E-state index contributed by atoms with van der Waals surface area (Å²) in [5, 5.41) is 0. The molecule has 2 unspecified atom stereocenters. The molecular weight excluding hydrogens is 224 g/mol. The summed E-state index contributed by atoms with van der Waals surface area (Å²) in [7, 11) is 1.70. The number of nitrogens with zero attached hydrogens (tertiary/aromatic N) is 1. The Labute approximate surface area is 110 Å². The Balaban J connectivity index is 2.33. The standard InChI is InChI=1S/C15H24N2O/c1-15(2,3)17-9-8-13(16)14(17)11-6-5-7-12(10-11)18-4/h5-7,10,13-14H,8-9,16H2,1-4H3. The van der Waals surface area contributed by atoms with Crippen molar-refractivity contribution in [3.63, 3.8) is 0 Å². The zero-order chi connectivity index (χ0) is 13.3. The molecule has 3 nitrogen and oxygen atoms in total. The fraction of sp³-hybridized carbons (Fsp3) is 0.600. The van der Waals surface area contributed by atoms with Crippen LogP contribution in [-0.4, -0.2) is 30.1 Å². The number of benzene rings is 1. The summed E-state index contributed by atoms with van der Waals surface area (Å²) in [5.74, 6) is 0.903. The van der Waals surface area contributed by atoms with E-state index in [1.165, 1.54) is 5.56 Å². The second kappa shape index (κ2) is 4.90. The first kappa shape index (κ1) is 13.4. The van der Waals surface area contributed by atoms with Crippen molar-refractivity contribution in [2.24, 2.45) is 5.73 Å². The van der Waals surface area contributed by atoms with Gasteiger partial charge in [-0.05, 0) is 44.9 Å². The van der Waals surface area contributed by atoms with Crippen molar-refractivity contribution in [1.29, 1.82) is 0 Å². The molecule has 100 valence electrons. The highest BCUT2D eigenvalue weighted by molar-refractivity contribution is 5.32. The van der Waals surface area contributed by atoms with Gasteiger partial charge < -0.3 is 10.5 Å². The van der Waals surface area contributed by atoms with E-state index in [0.717, 1.165) is 18.7 Å². The monoisotopic (exact) mass is 248 g/mol. The van der Waals surface area contributed by atoms with Crippen molar-refractivity contribution >= 4 is 0 Å². The molecule has 2 rings (SSSR count). The third-order valence-corrected chi connectivity index (χ3v) is 3.74. The molecule has 0 aromatic heterocycles. The van der Waals surface area contributed by atoms with Crippen molar-refractivity contribution in [2.45, 2.75) is 44.8 Å². The Hall–Kier alpha value is -1.06. The summed E-state index contributed by atoms with van der Waals surface area (Å²) in [6.07, 6.45) is 1.05. The van der Waals surface area contributed by atoms with Crippen molar-refractivity contribution < 1.29 is 4.74 Å². The Kier molecular flexibility index (Phi) is 3.64. The summed E-state index contributed by atoms with van der Waals surface area (Å²) in [6.45, 7) is 7.81. The molecule has 2 N–H and O–H groups in total. The van der Waals surface area contributed by atoms with Crippen LogP contribution in [0.5, 0.6) is 5.75 Å². The molecule has 2 atom stereocenters. The van der Waals surface area contributed by atoms with Gasteiger partial charge in [0, 0.05) is 18.1 Å². The molecule has 0 spiro atoms. The van der Waals surface area contributed by atoms with Crippen LogP contribution < -0.4 is 10.5 Å². The average Bonchev–Trinajstić information content (AvgIpc) is 2.71. The van der Waals surface area contributed by atoms with Gasteiger partial charge in [-0.15, -0.1) is 0 Å². The number of hydrogen-bond acceptors (Lipinski definition) is 3. The lowest BCUT2D eigenvalue weighted by atomic mass is 9.97. The lowest BCUT2D eigenvalue weighted by Crippen LogP contribution is -2.43. The van der Waals surface area contributed by atoms with Crippen LogP contribution in [0.4, 0.5) is 0 Å². The van der Waals surface area contributed by atoms with Gasteiger partial charge in [0.25, 0.3) is 0 Å². The van der Waals surface area contributed by atoms with Gasteiger partial charge in [0.05, 0.1) is 13.2 Å². The Morgan fingerprint density at radius 1 is 1.33 bits per heavy atom. The van der Waals surface area contributed by atoms with Gasteiger partial charge in [0.2, 0.25) is 0 Å². The van der Waals surface area contributed by atoms with Crippen molar-refractivity contribution in [2.75, 3.05) is 13.7 Å². The summed E-state index contributed by atoms with van der Waals surface area (Å²) >= 11 is 0. The molecule has 1 aromatic rings. The zero-order valence-corrected chi connectivity index (χ0v) is 11.8. The highest BCUT2D eigenvalue weighted by Crippen LogP contribution is 2.37. The average molecular weight is 248 g/mol. The molecule has 0 saturated carbocycles. The second-order valence-electron chi connectivity index (χ2n) is 6.04. The van der Waals surface area contributed by atoms with Crippen LogP contribution in [0.15, 0.2) is 24.3 Å². The predicted octanol–water partition coefficient (Wildman–Crippen LogP) is 2.57. The SMILES string of the molecule is COc1cccc(C2C(N)CCN2C(C)(C)C)c1. The predicted molar refractivity (Wildman–Crippen MR) is 74.8 cm³/mol. The van der Waals surface area contributed by atoms with Gasteiger partial charge in [0.15, 0.2) is 0 Å². The van der Waals surface area contributed by atoms with Crippen LogP contribution in [0.25, 0.3) is 0 Å². The van der Waals surface area contributed by atoms with Gasteiger partial charge in [-0.2, -0.15) is 0 Å². The minimum absolute atomic E-state index is 0.141. The lowest BCUT2D eigenvalue weighted by Gasteiger charge is -2.38. The number of ether oxygens (including phenoxy) is 1. The Morgan fingerprint density at radius 2 is 2.06 bits per heavy atom. The largest absolute Gasteiger partial charge is 0.497 e. The van der Waals surface area contributed by atoms with Crippen LogP contribution in [0.2, 0.25) is 0 Å². The molecule has 0 aliphatic carbocycles. The second-order valence-corrected chi connectivity index (χ2v) is 6.04. The first-order valence-corrected chi connectivity index (χ1v) is 6.60. The maximum Gasteiger partial charge on any atom is 0.119 e. The van der Waals surface area contributed by atoms with Gasteiger partial charge >= 0.3 is 0 Å². The van der Waals surface area contributed by atoms with E-state index < -0.39 is 0 Å². The minimum Gasteiger partial charge on any atom is -0.497 e. The molecule has 1 saturated heterocycles. The zero-order valence-electron chi connectivity index (χ0n) is 11.8. The first-order chi connectivity index (χ1) is 8.43. The van der Waals surface area contributed by atoms with E-state index in [1.54, 1.807) is 7.11 Å². The van der Waals surface area contributed by atoms with Crippen LogP contribution in [0.1, 0.15) is 38.8 Å².